The highest BCUT2D eigenvalue weighted by molar-refractivity contribution is 7.98. The van der Waals surface area contributed by atoms with Crippen LogP contribution in [0.2, 0.25) is 0 Å². The number of nitrogens with zero attached hydrogens (tertiary/aromatic N) is 2. The van der Waals surface area contributed by atoms with E-state index >= 15 is 0 Å². The van der Waals surface area contributed by atoms with Crippen LogP contribution in [0.5, 0.6) is 0 Å². The van der Waals surface area contributed by atoms with Crippen LogP contribution in [0.3, 0.4) is 0 Å². The van der Waals surface area contributed by atoms with Crippen LogP contribution in [0.1, 0.15) is 61.1 Å². The number of carboxylic acids is 1. The predicted molar refractivity (Wildman–Crippen MR) is 119 cm³/mol. The Balaban J connectivity index is 1.14. The Morgan fingerprint density at radius 3 is 3.00 bits per heavy atom. The Kier molecular flexibility index (Phi) is 4.43. The molecule has 4 fully saturated rings. The second kappa shape index (κ2) is 6.99. The van der Waals surface area contributed by atoms with Crippen molar-refractivity contribution in [2.45, 2.75) is 50.7 Å². The molecule has 164 valence electrons. The number of amides is 1. The van der Waals surface area contributed by atoms with E-state index in [9.17, 15) is 9.59 Å². The quantitative estimate of drug-likeness (QED) is 0.608. The topological polar surface area (TPSA) is 83.7 Å². The van der Waals surface area contributed by atoms with E-state index in [2.05, 4.69) is 10.3 Å². The summed E-state index contributed by atoms with van der Waals surface area (Å²) in [6.07, 6.45) is 10.3. The Bertz CT molecular complexity index is 1060. The normalized spacial score (nSPS) is 34.6. The third kappa shape index (κ3) is 3.11. The summed E-state index contributed by atoms with van der Waals surface area (Å²) in [5.74, 6) is 3.19. The number of aromatic nitrogens is 2. The largest absolute Gasteiger partial charge is 0.481 e. The van der Waals surface area contributed by atoms with Gasteiger partial charge in [0.15, 0.2) is 0 Å². The van der Waals surface area contributed by atoms with Crippen molar-refractivity contribution in [3.8, 4) is 0 Å². The SMILES string of the molecule is O=C(O)CCSCc1cn2c(C(=O)NCC34CC5CC6CC(C3)C6(C5)C4)cccc2n1. The van der Waals surface area contributed by atoms with Crippen molar-refractivity contribution in [3.63, 3.8) is 0 Å². The number of carboxylic acid groups (broad SMARTS) is 1. The molecule has 7 heteroatoms. The molecule has 2 N–H and O–H groups in total. The Hall–Kier alpha value is -2.02. The van der Waals surface area contributed by atoms with Gasteiger partial charge in [-0.15, -0.1) is 0 Å². The molecular formula is C24H29N3O3S. The number of aliphatic carboxylic acids is 1. The van der Waals surface area contributed by atoms with Crippen molar-refractivity contribution < 1.29 is 14.7 Å². The summed E-state index contributed by atoms with van der Waals surface area (Å²) in [5, 5.41) is 12.1. The summed E-state index contributed by atoms with van der Waals surface area (Å²) < 4.78 is 1.87. The molecule has 5 atom stereocenters. The van der Waals surface area contributed by atoms with Gasteiger partial charge < -0.3 is 10.4 Å². The molecular weight excluding hydrogens is 410 g/mol. The maximum absolute atomic E-state index is 13.2. The first-order chi connectivity index (χ1) is 15.0. The number of fused-ring (bicyclic) bond motifs is 3. The lowest BCUT2D eigenvalue weighted by molar-refractivity contribution is -0.136. The highest BCUT2D eigenvalue weighted by atomic mass is 32.2. The molecule has 2 heterocycles. The number of hydrogen-bond donors (Lipinski definition) is 2. The lowest BCUT2D eigenvalue weighted by Gasteiger charge is -2.49. The molecule has 2 aromatic rings. The number of pyridine rings is 1. The van der Waals surface area contributed by atoms with Crippen molar-refractivity contribution in [1.82, 2.24) is 14.7 Å². The first-order valence-electron chi connectivity index (χ1n) is 11.5. The molecule has 0 aromatic carbocycles. The van der Waals surface area contributed by atoms with Gasteiger partial charge in [-0.05, 0) is 79.2 Å². The molecule has 4 aliphatic carbocycles. The van der Waals surface area contributed by atoms with E-state index in [-0.39, 0.29) is 12.3 Å². The molecule has 3 bridgehead atoms. The molecule has 4 saturated carbocycles. The van der Waals surface area contributed by atoms with Gasteiger partial charge >= 0.3 is 5.97 Å². The van der Waals surface area contributed by atoms with Crippen LogP contribution in [0.15, 0.2) is 24.4 Å². The molecule has 1 amide bonds. The van der Waals surface area contributed by atoms with Crippen LogP contribution in [0.4, 0.5) is 0 Å². The molecule has 0 radical (unpaired) electrons. The zero-order chi connectivity index (χ0) is 21.2. The molecule has 0 aliphatic heterocycles. The number of nitrogens with one attached hydrogen (secondary N) is 1. The zero-order valence-electron chi connectivity index (χ0n) is 17.7. The molecule has 1 spiro atoms. The lowest BCUT2D eigenvalue weighted by atomic mass is 9.55. The van der Waals surface area contributed by atoms with Gasteiger partial charge in [-0.3, -0.25) is 14.0 Å². The molecule has 31 heavy (non-hydrogen) atoms. The summed E-state index contributed by atoms with van der Waals surface area (Å²) in [5.41, 5.74) is 3.22. The average Bonchev–Trinajstić information content (AvgIpc) is 3.30. The molecule has 4 aliphatic rings. The van der Waals surface area contributed by atoms with Crippen LogP contribution >= 0.6 is 11.8 Å². The second-order valence-corrected chi connectivity index (χ2v) is 11.6. The van der Waals surface area contributed by atoms with E-state index in [1.165, 1.54) is 38.5 Å². The summed E-state index contributed by atoms with van der Waals surface area (Å²) in [7, 11) is 0. The smallest absolute Gasteiger partial charge is 0.304 e. The molecule has 0 saturated heterocycles. The fourth-order valence-electron chi connectivity index (χ4n) is 7.75. The monoisotopic (exact) mass is 439 g/mol. The summed E-state index contributed by atoms with van der Waals surface area (Å²) in [4.78, 5) is 28.4. The van der Waals surface area contributed by atoms with Crippen molar-refractivity contribution in [3.05, 3.63) is 35.8 Å². The predicted octanol–water partition coefficient (Wildman–Crippen LogP) is 3.99. The minimum absolute atomic E-state index is 0.0197. The van der Waals surface area contributed by atoms with E-state index < -0.39 is 5.97 Å². The number of carbonyl (C=O) groups excluding carboxylic acids is 1. The van der Waals surface area contributed by atoms with Gasteiger partial charge in [0.2, 0.25) is 0 Å². The van der Waals surface area contributed by atoms with Gasteiger partial charge in [0.05, 0.1) is 12.1 Å². The van der Waals surface area contributed by atoms with E-state index in [0.717, 1.165) is 35.6 Å². The maximum Gasteiger partial charge on any atom is 0.304 e. The van der Waals surface area contributed by atoms with E-state index in [0.29, 0.717) is 28.0 Å². The number of hydrogen-bond acceptors (Lipinski definition) is 4. The lowest BCUT2D eigenvalue weighted by Crippen LogP contribution is -2.43. The van der Waals surface area contributed by atoms with E-state index in [1.807, 2.05) is 28.8 Å². The number of carbonyl (C=O) groups is 2. The van der Waals surface area contributed by atoms with Crippen molar-refractivity contribution in [2.24, 2.45) is 28.6 Å². The minimum atomic E-state index is -0.780. The highest BCUT2D eigenvalue weighted by Crippen LogP contribution is 2.78. The zero-order valence-corrected chi connectivity index (χ0v) is 18.5. The third-order valence-electron chi connectivity index (χ3n) is 8.70. The fraction of sp³-hybridized carbons (Fsp3) is 0.625. The van der Waals surface area contributed by atoms with Gasteiger partial charge in [-0.1, -0.05) is 6.07 Å². The van der Waals surface area contributed by atoms with Gasteiger partial charge in [0, 0.05) is 24.2 Å². The van der Waals surface area contributed by atoms with E-state index in [4.69, 9.17) is 5.11 Å². The Labute approximate surface area is 186 Å². The minimum Gasteiger partial charge on any atom is -0.481 e. The third-order valence-corrected chi connectivity index (χ3v) is 9.69. The van der Waals surface area contributed by atoms with Crippen LogP contribution in [0, 0.1) is 28.6 Å². The van der Waals surface area contributed by atoms with Gasteiger partial charge in [0.1, 0.15) is 11.3 Å². The average molecular weight is 440 g/mol. The standard InChI is InChI=1S/C24H29N3O3S/c28-21(29)4-5-31-12-18-11-27-19(2-1-3-20(27)26-18)22(30)25-14-23-8-15-6-16-7-17(10-23)24(16,9-15)13-23/h1-3,11,15-17H,4-10,12-14H2,(H,25,30)(H,28,29). The van der Waals surface area contributed by atoms with Gasteiger partial charge in [-0.25, -0.2) is 4.98 Å². The highest BCUT2D eigenvalue weighted by Gasteiger charge is 2.70. The van der Waals surface area contributed by atoms with Crippen molar-refractivity contribution in [1.29, 1.82) is 0 Å². The second-order valence-electron chi connectivity index (χ2n) is 10.5. The number of rotatable bonds is 8. The summed E-state index contributed by atoms with van der Waals surface area (Å²) in [6.45, 7) is 0.802. The number of imidazole rings is 1. The molecule has 6 nitrogen and oxygen atoms in total. The summed E-state index contributed by atoms with van der Waals surface area (Å²) in [6, 6.07) is 5.66. The van der Waals surface area contributed by atoms with E-state index in [1.54, 1.807) is 11.8 Å². The van der Waals surface area contributed by atoms with Gasteiger partial charge in [0.25, 0.3) is 5.91 Å². The number of thioether (sulfide) groups is 1. The molecule has 5 unspecified atom stereocenters. The van der Waals surface area contributed by atoms with Crippen LogP contribution in [-0.4, -0.2) is 38.7 Å². The van der Waals surface area contributed by atoms with Crippen LogP contribution in [-0.2, 0) is 10.5 Å². The Morgan fingerprint density at radius 1 is 1.23 bits per heavy atom. The summed E-state index contributed by atoms with van der Waals surface area (Å²) >= 11 is 1.55. The van der Waals surface area contributed by atoms with Crippen LogP contribution < -0.4 is 5.32 Å². The van der Waals surface area contributed by atoms with Crippen molar-refractivity contribution >= 4 is 29.3 Å². The first-order valence-corrected chi connectivity index (χ1v) is 12.7. The first kappa shape index (κ1) is 19.6. The fourth-order valence-corrected chi connectivity index (χ4v) is 8.57. The van der Waals surface area contributed by atoms with Gasteiger partial charge in [-0.2, -0.15) is 11.8 Å². The van der Waals surface area contributed by atoms with Crippen molar-refractivity contribution in [2.75, 3.05) is 12.3 Å². The Morgan fingerprint density at radius 2 is 2.13 bits per heavy atom. The molecule has 2 aromatic heterocycles. The maximum atomic E-state index is 13.2. The molecule has 6 rings (SSSR count). The van der Waals surface area contributed by atoms with Crippen LogP contribution in [0.25, 0.3) is 5.65 Å².